The van der Waals surface area contributed by atoms with Crippen LogP contribution in [-0.2, 0) is 7.05 Å². The summed E-state index contributed by atoms with van der Waals surface area (Å²) in [6, 6.07) is 0. The molecular formula is C8H13N3O. The Hall–Kier alpha value is -1.16. The second-order valence-electron chi connectivity index (χ2n) is 2.70. The largest absolute Gasteiger partial charge is 0.329 e. The molecule has 0 aliphatic carbocycles. The molecule has 4 heteroatoms. The van der Waals surface area contributed by atoms with E-state index in [0.29, 0.717) is 12.2 Å². The Labute approximate surface area is 71.6 Å². The van der Waals surface area contributed by atoms with Crippen LogP contribution in [0.25, 0.3) is 0 Å². The van der Waals surface area contributed by atoms with E-state index in [-0.39, 0.29) is 5.78 Å². The number of carbonyl (C=O) groups excluding carboxylic acids is 1. The molecule has 0 unspecified atom stereocenters. The van der Waals surface area contributed by atoms with Crippen molar-refractivity contribution in [1.29, 1.82) is 0 Å². The monoisotopic (exact) mass is 167 g/mol. The molecule has 0 radical (unpaired) electrons. The predicted molar refractivity (Wildman–Crippen MR) is 46.2 cm³/mol. The minimum Gasteiger partial charge on any atom is -0.329 e. The van der Waals surface area contributed by atoms with Crippen molar-refractivity contribution in [3.63, 3.8) is 0 Å². The Kier molecular flexibility index (Phi) is 2.60. The van der Waals surface area contributed by atoms with Crippen molar-refractivity contribution >= 4 is 5.78 Å². The van der Waals surface area contributed by atoms with Crippen LogP contribution in [0.1, 0.15) is 16.3 Å². The Bertz CT molecular complexity index is 290. The molecule has 0 aliphatic rings. The first-order valence-corrected chi connectivity index (χ1v) is 3.83. The highest BCUT2D eigenvalue weighted by atomic mass is 16.1. The van der Waals surface area contributed by atoms with Gasteiger partial charge in [0.1, 0.15) is 11.5 Å². The van der Waals surface area contributed by atoms with Crippen molar-refractivity contribution in [3.05, 3.63) is 17.7 Å². The van der Waals surface area contributed by atoms with Crippen molar-refractivity contribution in [2.45, 2.75) is 6.92 Å². The lowest BCUT2D eigenvalue weighted by Crippen LogP contribution is -2.20. The molecule has 0 spiro atoms. The van der Waals surface area contributed by atoms with E-state index in [1.54, 1.807) is 17.8 Å². The second kappa shape index (κ2) is 3.49. The maximum absolute atomic E-state index is 11.4. The van der Waals surface area contributed by atoms with Crippen molar-refractivity contribution in [2.24, 2.45) is 7.05 Å². The quantitative estimate of drug-likeness (QED) is 0.651. The highest BCUT2D eigenvalue weighted by Crippen LogP contribution is 2.01. The normalized spacial score (nSPS) is 10.2. The summed E-state index contributed by atoms with van der Waals surface area (Å²) in [6.45, 7) is 2.23. The summed E-state index contributed by atoms with van der Waals surface area (Å²) in [5.41, 5.74) is 0.654. The van der Waals surface area contributed by atoms with Gasteiger partial charge >= 0.3 is 0 Å². The van der Waals surface area contributed by atoms with Gasteiger partial charge in [-0.1, -0.05) is 0 Å². The fourth-order valence-corrected chi connectivity index (χ4v) is 1.01. The van der Waals surface area contributed by atoms with Crippen LogP contribution >= 0.6 is 0 Å². The van der Waals surface area contributed by atoms with Crippen LogP contribution < -0.4 is 5.32 Å². The molecular weight excluding hydrogens is 154 g/mol. The highest BCUT2D eigenvalue weighted by Gasteiger charge is 2.09. The van der Waals surface area contributed by atoms with E-state index in [1.165, 1.54) is 0 Å². The highest BCUT2D eigenvalue weighted by molar-refractivity contribution is 5.95. The van der Waals surface area contributed by atoms with Crippen LogP contribution in [0.15, 0.2) is 6.20 Å². The number of rotatable bonds is 3. The summed E-state index contributed by atoms with van der Waals surface area (Å²) in [4.78, 5) is 15.4. The lowest BCUT2D eigenvalue weighted by Gasteiger charge is -2.01. The van der Waals surface area contributed by atoms with E-state index in [4.69, 9.17) is 0 Å². The molecule has 0 saturated carbocycles. The zero-order valence-corrected chi connectivity index (χ0v) is 7.59. The smallest absolute Gasteiger partial charge is 0.194 e. The summed E-state index contributed by atoms with van der Waals surface area (Å²) in [5, 5.41) is 2.81. The molecule has 0 aliphatic heterocycles. The molecule has 4 nitrogen and oxygen atoms in total. The number of carbonyl (C=O) groups is 1. The van der Waals surface area contributed by atoms with Crippen LogP contribution in [-0.4, -0.2) is 28.9 Å². The molecule has 0 bridgehead atoms. The number of nitrogens with one attached hydrogen (secondary N) is 1. The van der Waals surface area contributed by atoms with Crippen LogP contribution in [0.4, 0.5) is 0 Å². The summed E-state index contributed by atoms with van der Waals surface area (Å²) in [7, 11) is 3.59. The first-order chi connectivity index (χ1) is 5.66. The van der Waals surface area contributed by atoms with Crippen molar-refractivity contribution in [2.75, 3.05) is 13.6 Å². The minimum absolute atomic E-state index is 0.0700. The van der Waals surface area contributed by atoms with Gasteiger partial charge in [-0.05, 0) is 14.0 Å². The molecule has 12 heavy (non-hydrogen) atoms. The van der Waals surface area contributed by atoms with Crippen LogP contribution in [0.5, 0.6) is 0 Å². The number of Topliss-reactive ketones (excluding diaryl/α,β-unsaturated/α-hetero) is 1. The Morgan fingerprint density at radius 1 is 1.75 bits per heavy atom. The summed E-state index contributed by atoms with van der Waals surface area (Å²) in [5.74, 6) is 0.926. The first kappa shape index (κ1) is 8.93. The first-order valence-electron chi connectivity index (χ1n) is 3.83. The molecule has 66 valence electrons. The molecule has 0 saturated heterocycles. The van der Waals surface area contributed by atoms with Gasteiger partial charge < -0.3 is 9.88 Å². The number of hydrogen-bond acceptors (Lipinski definition) is 3. The summed E-state index contributed by atoms with van der Waals surface area (Å²) in [6.07, 6.45) is 1.61. The lowest BCUT2D eigenvalue weighted by molar-refractivity contribution is 0.0985. The fraction of sp³-hybridized carbons (Fsp3) is 0.500. The minimum atomic E-state index is 0.0700. The third kappa shape index (κ3) is 1.53. The third-order valence-electron chi connectivity index (χ3n) is 1.84. The zero-order chi connectivity index (χ0) is 9.14. The van der Waals surface area contributed by atoms with Crippen molar-refractivity contribution in [3.8, 4) is 0 Å². The maximum Gasteiger partial charge on any atom is 0.194 e. The van der Waals surface area contributed by atoms with Crippen molar-refractivity contribution < 1.29 is 4.79 Å². The standard InChI is InChI=1S/C8H13N3O/c1-6-10-4-7(11(6)3)8(12)5-9-2/h4,9H,5H2,1-3H3. The topological polar surface area (TPSA) is 46.9 Å². The fourth-order valence-electron chi connectivity index (χ4n) is 1.01. The van der Waals surface area contributed by atoms with Gasteiger partial charge in [0.15, 0.2) is 5.78 Å². The van der Waals surface area contributed by atoms with Crippen LogP contribution in [0, 0.1) is 6.92 Å². The number of aromatic nitrogens is 2. The van der Waals surface area contributed by atoms with Crippen LogP contribution in [0.2, 0.25) is 0 Å². The van der Waals surface area contributed by atoms with Gasteiger partial charge in [-0.25, -0.2) is 4.98 Å². The summed E-state index contributed by atoms with van der Waals surface area (Å²) >= 11 is 0. The van der Waals surface area contributed by atoms with Gasteiger partial charge in [-0.3, -0.25) is 4.79 Å². The second-order valence-corrected chi connectivity index (χ2v) is 2.70. The average Bonchev–Trinajstić information content (AvgIpc) is 2.34. The third-order valence-corrected chi connectivity index (χ3v) is 1.84. The molecule has 1 rings (SSSR count). The van der Waals surface area contributed by atoms with Crippen LogP contribution in [0.3, 0.4) is 0 Å². The summed E-state index contributed by atoms with van der Waals surface area (Å²) < 4.78 is 1.79. The molecule has 1 aromatic rings. The molecule has 1 heterocycles. The molecule has 0 amide bonds. The van der Waals surface area contributed by atoms with Gasteiger partial charge in [0.05, 0.1) is 12.7 Å². The Morgan fingerprint density at radius 3 is 2.83 bits per heavy atom. The molecule has 1 aromatic heterocycles. The number of likely N-dealkylation sites (N-methyl/N-ethyl adjacent to an activating group) is 1. The van der Waals surface area contributed by atoms with Gasteiger partial charge in [-0.2, -0.15) is 0 Å². The van der Waals surface area contributed by atoms with E-state index in [9.17, 15) is 4.79 Å². The maximum atomic E-state index is 11.4. The van der Waals surface area contributed by atoms with Gasteiger partial charge in [-0.15, -0.1) is 0 Å². The van der Waals surface area contributed by atoms with Gasteiger partial charge in [0.2, 0.25) is 0 Å². The number of aryl methyl sites for hydroxylation is 1. The van der Waals surface area contributed by atoms with E-state index in [1.807, 2.05) is 14.0 Å². The van der Waals surface area contributed by atoms with E-state index >= 15 is 0 Å². The Morgan fingerprint density at radius 2 is 2.42 bits per heavy atom. The molecule has 1 N–H and O–H groups in total. The van der Waals surface area contributed by atoms with E-state index in [0.717, 1.165) is 5.82 Å². The molecule has 0 fully saturated rings. The van der Waals surface area contributed by atoms with Crippen molar-refractivity contribution in [1.82, 2.24) is 14.9 Å². The van der Waals surface area contributed by atoms with E-state index in [2.05, 4.69) is 10.3 Å². The molecule has 0 atom stereocenters. The number of hydrogen-bond donors (Lipinski definition) is 1. The van der Waals surface area contributed by atoms with Gasteiger partial charge in [0, 0.05) is 7.05 Å². The number of ketones is 1. The molecule has 0 aromatic carbocycles. The SMILES string of the molecule is CNCC(=O)c1cnc(C)n1C. The predicted octanol–water partition coefficient (Wildman–Crippen LogP) is 0.131. The van der Waals surface area contributed by atoms with Gasteiger partial charge in [0.25, 0.3) is 0 Å². The van der Waals surface area contributed by atoms with E-state index < -0.39 is 0 Å². The number of imidazole rings is 1. The zero-order valence-electron chi connectivity index (χ0n) is 7.59. The average molecular weight is 167 g/mol. The number of nitrogens with zero attached hydrogens (tertiary/aromatic N) is 2. The Balaban J connectivity index is 2.88. The lowest BCUT2D eigenvalue weighted by atomic mass is 10.3.